The highest BCUT2D eigenvalue weighted by Gasteiger charge is 2.33. The molecule has 6 nitrogen and oxygen atoms in total. The molecular formula is C27H40N4O2. The van der Waals surface area contributed by atoms with Gasteiger partial charge < -0.3 is 20.0 Å². The van der Waals surface area contributed by atoms with Crippen molar-refractivity contribution in [1.29, 1.82) is 0 Å². The van der Waals surface area contributed by atoms with Gasteiger partial charge in [-0.05, 0) is 81.0 Å². The molecule has 2 aliphatic carbocycles. The number of fused-ring (bicyclic) bond motifs is 4. The summed E-state index contributed by atoms with van der Waals surface area (Å²) in [6, 6.07) is 8.81. The quantitative estimate of drug-likeness (QED) is 0.732. The molecule has 5 aliphatic rings. The first-order valence-corrected chi connectivity index (χ1v) is 13.2. The van der Waals surface area contributed by atoms with Gasteiger partial charge in [0.15, 0.2) is 0 Å². The van der Waals surface area contributed by atoms with Gasteiger partial charge in [-0.15, -0.1) is 0 Å². The van der Waals surface area contributed by atoms with E-state index in [2.05, 4.69) is 27.2 Å². The maximum atomic E-state index is 13.1. The molecule has 2 saturated carbocycles. The highest BCUT2D eigenvalue weighted by atomic mass is 16.2. The summed E-state index contributed by atoms with van der Waals surface area (Å²) in [7, 11) is 1.93. The molecule has 0 aromatic heterocycles. The van der Waals surface area contributed by atoms with Gasteiger partial charge in [0, 0.05) is 50.5 Å². The second-order valence-electron chi connectivity index (χ2n) is 10.9. The van der Waals surface area contributed by atoms with Crippen LogP contribution in [0.5, 0.6) is 0 Å². The van der Waals surface area contributed by atoms with Crippen LogP contribution in [0.4, 0.5) is 10.5 Å². The second kappa shape index (κ2) is 9.94. The average Bonchev–Trinajstić information content (AvgIpc) is 3.15. The fourth-order valence-electron chi connectivity index (χ4n) is 6.44. The first-order valence-electron chi connectivity index (χ1n) is 13.2. The normalized spacial score (nSPS) is 28.0. The molecular weight excluding hydrogens is 412 g/mol. The molecule has 180 valence electrons. The van der Waals surface area contributed by atoms with Gasteiger partial charge in [-0.3, -0.25) is 4.79 Å². The predicted molar refractivity (Wildman–Crippen MR) is 132 cm³/mol. The van der Waals surface area contributed by atoms with E-state index in [0.29, 0.717) is 17.9 Å². The number of nitrogens with zero attached hydrogens (tertiary/aromatic N) is 3. The summed E-state index contributed by atoms with van der Waals surface area (Å²) < 4.78 is 0. The summed E-state index contributed by atoms with van der Waals surface area (Å²) >= 11 is 0. The molecule has 1 unspecified atom stereocenters. The first kappa shape index (κ1) is 22.5. The maximum absolute atomic E-state index is 13.1. The highest BCUT2D eigenvalue weighted by Crippen LogP contribution is 2.34. The molecule has 2 bridgehead atoms. The minimum absolute atomic E-state index is 0.0705. The van der Waals surface area contributed by atoms with Crippen LogP contribution in [-0.4, -0.2) is 67.0 Å². The van der Waals surface area contributed by atoms with E-state index < -0.39 is 0 Å². The maximum Gasteiger partial charge on any atom is 0.317 e. The van der Waals surface area contributed by atoms with Crippen molar-refractivity contribution in [2.75, 3.05) is 38.1 Å². The van der Waals surface area contributed by atoms with E-state index in [4.69, 9.17) is 0 Å². The van der Waals surface area contributed by atoms with Gasteiger partial charge in [0.1, 0.15) is 0 Å². The Balaban J connectivity index is 1.15. The topological polar surface area (TPSA) is 55.9 Å². The lowest BCUT2D eigenvalue weighted by atomic mass is 9.84. The smallest absolute Gasteiger partial charge is 0.317 e. The molecule has 6 heteroatoms. The summed E-state index contributed by atoms with van der Waals surface area (Å²) in [6.07, 6.45) is 12.1. The standard InChI is InChI=1S/C27H40N4O2/c1-29(27(33)28-23-5-3-2-4-6-23)25-15-16-30(19-25)24-13-11-22(12-14-24)26(32)31-17-20-7-8-21(18-31)10-9-20/h11-14,20-21,23,25H,2-10,15-19H2,1H3,(H,28,33). The van der Waals surface area contributed by atoms with Gasteiger partial charge in [0.05, 0.1) is 6.04 Å². The van der Waals surface area contributed by atoms with E-state index in [1.807, 2.05) is 24.1 Å². The van der Waals surface area contributed by atoms with Crippen LogP contribution < -0.4 is 10.2 Å². The summed E-state index contributed by atoms with van der Waals surface area (Å²) in [6.45, 7) is 3.64. The number of rotatable bonds is 4. The third kappa shape index (κ3) is 5.15. The van der Waals surface area contributed by atoms with Crippen LogP contribution in [0.1, 0.15) is 74.6 Å². The third-order valence-electron chi connectivity index (χ3n) is 8.65. The number of urea groups is 1. The number of benzene rings is 1. The minimum atomic E-state index is 0.0705. The first-order chi connectivity index (χ1) is 16.1. The second-order valence-corrected chi connectivity index (χ2v) is 10.9. The third-order valence-corrected chi connectivity index (χ3v) is 8.65. The zero-order chi connectivity index (χ0) is 22.8. The van der Waals surface area contributed by atoms with Crippen molar-refractivity contribution in [2.24, 2.45) is 11.8 Å². The van der Waals surface area contributed by atoms with E-state index in [1.165, 1.54) is 44.9 Å². The van der Waals surface area contributed by atoms with Crippen LogP contribution >= 0.6 is 0 Å². The van der Waals surface area contributed by atoms with Crippen LogP contribution in [0.2, 0.25) is 0 Å². The summed E-state index contributed by atoms with van der Waals surface area (Å²) in [4.78, 5) is 32.2. The van der Waals surface area contributed by atoms with Crippen LogP contribution in [0.3, 0.4) is 0 Å². The van der Waals surface area contributed by atoms with Gasteiger partial charge in [-0.2, -0.15) is 0 Å². The number of hydrogen-bond donors (Lipinski definition) is 1. The number of carbonyl (C=O) groups is 2. The lowest BCUT2D eigenvalue weighted by Crippen LogP contribution is -2.48. The summed E-state index contributed by atoms with van der Waals surface area (Å²) in [5, 5.41) is 3.24. The molecule has 1 atom stereocenters. The number of nitrogens with one attached hydrogen (secondary N) is 1. The Hall–Kier alpha value is -2.24. The Bertz CT molecular complexity index is 813. The van der Waals surface area contributed by atoms with E-state index in [0.717, 1.165) is 56.7 Å². The Morgan fingerprint density at radius 1 is 0.848 bits per heavy atom. The molecule has 0 spiro atoms. The average molecular weight is 453 g/mol. The van der Waals surface area contributed by atoms with Gasteiger partial charge >= 0.3 is 6.03 Å². The molecule has 5 fully saturated rings. The number of carbonyl (C=O) groups excluding carboxylic acids is 2. The van der Waals surface area contributed by atoms with Gasteiger partial charge in [-0.1, -0.05) is 19.3 Å². The molecule has 6 rings (SSSR count). The number of anilines is 1. The van der Waals surface area contributed by atoms with E-state index in [-0.39, 0.29) is 18.0 Å². The highest BCUT2D eigenvalue weighted by molar-refractivity contribution is 5.94. The van der Waals surface area contributed by atoms with Gasteiger partial charge in [-0.25, -0.2) is 4.79 Å². The fourth-order valence-corrected chi connectivity index (χ4v) is 6.44. The van der Waals surface area contributed by atoms with Crippen LogP contribution in [0, 0.1) is 11.8 Å². The molecule has 1 aromatic carbocycles. The molecule has 1 N–H and O–H groups in total. The fraction of sp³-hybridized carbons (Fsp3) is 0.704. The van der Waals surface area contributed by atoms with E-state index in [9.17, 15) is 9.59 Å². The van der Waals surface area contributed by atoms with E-state index >= 15 is 0 Å². The Labute approximate surface area is 198 Å². The molecule has 3 aliphatic heterocycles. The largest absolute Gasteiger partial charge is 0.369 e. The minimum Gasteiger partial charge on any atom is -0.369 e. The van der Waals surface area contributed by atoms with Crippen molar-refractivity contribution >= 4 is 17.6 Å². The SMILES string of the molecule is CN(C(=O)NC1CCCCC1)C1CCN(c2ccc(C(=O)N3CC4CCC(CC4)C3)cc2)C1. The van der Waals surface area contributed by atoms with Crippen LogP contribution in [0.15, 0.2) is 24.3 Å². The predicted octanol–water partition coefficient (Wildman–Crippen LogP) is 4.50. The zero-order valence-corrected chi connectivity index (χ0v) is 20.2. The van der Waals surface area contributed by atoms with Crippen molar-refractivity contribution in [2.45, 2.75) is 76.3 Å². The Morgan fingerprint density at radius 2 is 1.48 bits per heavy atom. The number of amides is 3. The van der Waals surface area contributed by atoms with Crippen molar-refractivity contribution in [3.05, 3.63) is 29.8 Å². The lowest BCUT2D eigenvalue weighted by Gasteiger charge is -2.29. The molecule has 1 aromatic rings. The van der Waals surface area contributed by atoms with Crippen LogP contribution in [-0.2, 0) is 0 Å². The van der Waals surface area contributed by atoms with Gasteiger partial charge in [0.2, 0.25) is 0 Å². The summed E-state index contributed by atoms with van der Waals surface area (Å²) in [5.74, 6) is 1.58. The molecule has 3 saturated heterocycles. The van der Waals surface area contributed by atoms with Crippen LogP contribution in [0.25, 0.3) is 0 Å². The van der Waals surface area contributed by atoms with Crippen molar-refractivity contribution in [3.63, 3.8) is 0 Å². The van der Waals surface area contributed by atoms with Crippen molar-refractivity contribution in [3.8, 4) is 0 Å². The molecule has 3 amide bonds. The monoisotopic (exact) mass is 452 g/mol. The Kier molecular flexibility index (Phi) is 6.79. The zero-order valence-electron chi connectivity index (χ0n) is 20.2. The molecule has 33 heavy (non-hydrogen) atoms. The Morgan fingerprint density at radius 3 is 2.12 bits per heavy atom. The number of likely N-dealkylation sites (N-methyl/N-ethyl adjacent to an activating group) is 1. The number of hydrogen-bond acceptors (Lipinski definition) is 3. The summed E-state index contributed by atoms with van der Waals surface area (Å²) in [5.41, 5.74) is 1.95. The molecule has 0 radical (unpaired) electrons. The lowest BCUT2D eigenvalue weighted by molar-refractivity contribution is 0.0739. The van der Waals surface area contributed by atoms with Crippen molar-refractivity contribution < 1.29 is 9.59 Å². The van der Waals surface area contributed by atoms with Crippen molar-refractivity contribution in [1.82, 2.24) is 15.1 Å². The van der Waals surface area contributed by atoms with E-state index in [1.54, 1.807) is 0 Å². The molecule has 3 heterocycles. The van der Waals surface area contributed by atoms with Gasteiger partial charge in [0.25, 0.3) is 5.91 Å².